The number of aryl methyl sites for hydroxylation is 1. The third-order valence-electron chi connectivity index (χ3n) is 5.40. The van der Waals surface area contributed by atoms with Crippen molar-refractivity contribution < 1.29 is 12.6 Å². The van der Waals surface area contributed by atoms with Crippen LogP contribution in [0.5, 0.6) is 0 Å². The first-order chi connectivity index (χ1) is 10.5. The van der Waals surface area contributed by atoms with Gasteiger partial charge >= 0.3 is 0 Å². The topological polar surface area (TPSA) is 43.4 Å². The molecule has 0 spiro atoms. The highest BCUT2D eigenvalue weighted by atomic mass is 32.2. The second-order valence-corrected chi connectivity index (χ2v) is 8.75. The molecule has 0 radical (unpaired) electrons. The molecule has 2 saturated carbocycles. The van der Waals surface area contributed by atoms with Crippen LogP contribution in [0.3, 0.4) is 0 Å². The van der Waals surface area contributed by atoms with Gasteiger partial charge in [-0.05, 0) is 62.5 Å². The Labute approximate surface area is 134 Å². The van der Waals surface area contributed by atoms with Crippen molar-refractivity contribution in [2.24, 2.45) is 17.8 Å². The van der Waals surface area contributed by atoms with E-state index in [0.717, 1.165) is 30.7 Å². The predicted octanol–water partition coefficient (Wildman–Crippen LogP) is 4.31. The second kappa shape index (κ2) is 6.32. The van der Waals surface area contributed by atoms with E-state index in [1.165, 1.54) is 19.3 Å². The molecule has 22 heavy (non-hydrogen) atoms. The van der Waals surface area contributed by atoms with Crippen LogP contribution < -0.4 is 0 Å². The fourth-order valence-electron chi connectivity index (χ4n) is 4.18. The summed E-state index contributed by atoms with van der Waals surface area (Å²) in [6.07, 6.45) is 6.61. The molecule has 0 amide bonds. The first kappa shape index (κ1) is 16.0. The maximum absolute atomic E-state index is 12.5. The quantitative estimate of drug-likeness (QED) is 0.779. The van der Waals surface area contributed by atoms with E-state index < -0.39 is 10.1 Å². The third kappa shape index (κ3) is 3.38. The Morgan fingerprint density at radius 3 is 2.50 bits per heavy atom. The largest absolute Gasteiger partial charge is 0.297 e. The highest BCUT2D eigenvalue weighted by Gasteiger charge is 2.39. The van der Waals surface area contributed by atoms with Gasteiger partial charge in [0.15, 0.2) is 0 Å². The summed E-state index contributed by atoms with van der Waals surface area (Å²) in [5.41, 5.74) is 1.05. The van der Waals surface area contributed by atoms with Crippen molar-refractivity contribution in [1.29, 1.82) is 0 Å². The molecule has 1 aromatic rings. The van der Waals surface area contributed by atoms with Crippen LogP contribution in [-0.4, -0.2) is 14.5 Å². The van der Waals surface area contributed by atoms with Crippen molar-refractivity contribution in [1.82, 2.24) is 0 Å². The van der Waals surface area contributed by atoms with Gasteiger partial charge in [0.2, 0.25) is 0 Å². The van der Waals surface area contributed by atoms with E-state index in [1.807, 2.05) is 19.1 Å². The van der Waals surface area contributed by atoms with Crippen molar-refractivity contribution in [2.45, 2.75) is 63.4 Å². The number of hydrogen-bond acceptors (Lipinski definition) is 3. The monoisotopic (exact) mass is 322 g/mol. The Balaban J connectivity index is 1.75. The van der Waals surface area contributed by atoms with Crippen LogP contribution in [0.25, 0.3) is 0 Å². The lowest BCUT2D eigenvalue weighted by Gasteiger charge is -2.42. The van der Waals surface area contributed by atoms with Gasteiger partial charge in [-0.15, -0.1) is 0 Å². The minimum atomic E-state index is -3.64. The molecule has 3 nitrogen and oxygen atoms in total. The Morgan fingerprint density at radius 2 is 1.77 bits per heavy atom. The Morgan fingerprint density at radius 1 is 1.05 bits per heavy atom. The highest BCUT2D eigenvalue weighted by molar-refractivity contribution is 7.86. The number of rotatable bonds is 3. The fraction of sp³-hybridized carbons (Fsp3) is 0.667. The lowest BCUT2D eigenvalue weighted by atomic mass is 9.67. The van der Waals surface area contributed by atoms with Gasteiger partial charge in [0, 0.05) is 0 Å². The standard InChI is InChI=1S/C18H26O3S/c1-13-6-9-16(10-7-13)22(19,20)21-18-5-3-4-15-12-14(2)8-11-17(15)18/h6-7,9-10,14-15,17-18H,3-5,8,11-12H2,1-2H3. The molecule has 2 aliphatic rings. The Bertz CT molecular complexity index is 606. The third-order valence-corrected chi connectivity index (χ3v) is 6.75. The Kier molecular flexibility index (Phi) is 4.60. The molecule has 0 aliphatic heterocycles. The van der Waals surface area contributed by atoms with Gasteiger partial charge in [-0.25, -0.2) is 0 Å². The molecule has 0 aromatic heterocycles. The second-order valence-electron chi connectivity index (χ2n) is 7.17. The summed E-state index contributed by atoms with van der Waals surface area (Å²) in [4.78, 5) is 0.282. The summed E-state index contributed by atoms with van der Waals surface area (Å²) in [7, 11) is -3.64. The lowest BCUT2D eigenvalue weighted by Crippen LogP contribution is -2.39. The zero-order valence-corrected chi connectivity index (χ0v) is 14.3. The summed E-state index contributed by atoms with van der Waals surface area (Å²) >= 11 is 0. The first-order valence-corrected chi connectivity index (χ1v) is 9.86. The average Bonchev–Trinajstić information content (AvgIpc) is 2.47. The van der Waals surface area contributed by atoms with Crippen LogP contribution in [0.15, 0.2) is 29.2 Å². The highest BCUT2D eigenvalue weighted by Crippen LogP contribution is 2.44. The zero-order chi connectivity index (χ0) is 15.7. The van der Waals surface area contributed by atoms with Crippen molar-refractivity contribution in [3.05, 3.63) is 29.8 Å². The van der Waals surface area contributed by atoms with E-state index in [-0.39, 0.29) is 11.0 Å². The Hall–Kier alpha value is -0.870. The maximum Gasteiger partial charge on any atom is 0.297 e. The minimum Gasteiger partial charge on any atom is -0.263 e. The minimum absolute atomic E-state index is 0.127. The first-order valence-electron chi connectivity index (χ1n) is 8.45. The van der Waals surface area contributed by atoms with E-state index in [4.69, 9.17) is 4.18 Å². The predicted molar refractivity (Wildman–Crippen MR) is 87.1 cm³/mol. The van der Waals surface area contributed by atoms with E-state index >= 15 is 0 Å². The average molecular weight is 322 g/mol. The molecule has 122 valence electrons. The molecule has 0 saturated heterocycles. The molecule has 4 heteroatoms. The van der Waals surface area contributed by atoms with E-state index in [0.29, 0.717) is 11.8 Å². The van der Waals surface area contributed by atoms with Crippen LogP contribution in [-0.2, 0) is 14.3 Å². The van der Waals surface area contributed by atoms with Gasteiger partial charge in [0.25, 0.3) is 10.1 Å². The van der Waals surface area contributed by atoms with Crippen LogP contribution in [0.2, 0.25) is 0 Å². The molecule has 0 N–H and O–H groups in total. The van der Waals surface area contributed by atoms with Gasteiger partial charge in [0.1, 0.15) is 0 Å². The fourth-order valence-corrected chi connectivity index (χ4v) is 5.33. The van der Waals surface area contributed by atoms with Gasteiger partial charge in [0.05, 0.1) is 11.0 Å². The van der Waals surface area contributed by atoms with Crippen molar-refractivity contribution in [3.8, 4) is 0 Å². The van der Waals surface area contributed by atoms with Crippen molar-refractivity contribution >= 4 is 10.1 Å². The molecule has 2 fully saturated rings. The van der Waals surface area contributed by atoms with Gasteiger partial charge < -0.3 is 0 Å². The summed E-state index contributed by atoms with van der Waals surface area (Å²) in [5.74, 6) is 1.84. The normalized spacial score (nSPS) is 32.5. The number of benzene rings is 1. The molecule has 2 aliphatic carbocycles. The molecular formula is C18H26O3S. The van der Waals surface area contributed by atoms with Crippen LogP contribution in [0.1, 0.15) is 51.0 Å². The van der Waals surface area contributed by atoms with Gasteiger partial charge in [-0.2, -0.15) is 8.42 Å². The maximum atomic E-state index is 12.5. The van der Waals surface area contributed by atoms with Crippen LogP contribution in [0.4, 0.5) is 0 Å². The van der Waals surface area contributed by atoms with Crippen molar-refractivity contribution in [3.63, 3.8) is 0 Å². The van der Waals surface area contributed by atoms with E-state index in [2.05, 4.69) is 6.92 Å². The summed E-state index contributed by atoms with van der Waals surface area (Å²) in [6, 6.07) is 6.94. The lowest BCUT2D eigenvalue weighted by molar-refractivity contribution is 0.0193. The number of hydrogen-bond donors (Lipinski definition) is 0. The molecular weight excluding hydrogens is 296 g/mol. The number of fused-ring (bicyclic) bond motifs is 1. The van der Waals surface area contributed by atoms with E-state index in [1.54, 1.807) is 12.1 Å². The summed E-state index contributed by atoms with van der Waals surface area (Å²) < 4.78 is 30.7. The summed E-state index contributed by atoms with van der Waals surface area (Å²) in [6.45, 7) is 4.26. The smallest absolute Gasteiger partial charge is 0.263 e. The van der Waals surface area contributed by atoms with Gasteiger partial charge in [-0.3, -0.25) is 4.18 Å². The van der Waals surface area contributed by atoms with Gasteiger partial charge in [-0.1, -0.05) is 37.5 Å². The summed E-state index contributed by atoms with van der Waals surface area (Å²) in [5, 5.41) is 0. The molecule has 4 atom stereocenters. The van der Waals surface area contributed by atoms with E-state index in [9.17, 15) is 8.42 Å². The zero-order valence-electron chi connectivity index (χ0n) is 13.5. The molecule has 0 heterocycles. The van der Waals surface area contributed by atoms with Crippen LogP contribution in [0, 0.1) is 24.7 Å². The molecule has 3 rings (SSSR count). The molecule has 4 unspecified atom stereocenters. The SMILES string of the molecule is Cc1ccc(S(=O)(=O)OC2CCCC3CC(C)CCC32)cc1. The van der Waals surface area contributed by atoms with Crippen LogP contribution >= 0.6 is 0 Å². The molecule has 0 bridgehead atoms. The molecule has 1 aromatic carbocycles. The van der Waals surface area contributed by atoms with Crippen molar-refractivity contribution in [2.75, 3.05) is 0 Å².